The minimum Gasteiger partial charge on any atom is -0.354 e. The molecule has 0 amide bonds. The Morgan fingerprint density at radius 3 is 1.15 bits per heavy atom. The molecule has 0 atom stereocenters. The summed E-state index contributed by atoms with van der Waals surface area (Å²) < 4.78 is 211. The average molecular weight is 1220 g/mol. The van der Waals surface area contributed by atoms with Crippen LogP contribution in [-0.2, 0) is 60.7 Å². The summed E-state index contributed by atoms with van der Waals surface area (Å²) in [6.07, 6.45) is 4.03. The Hall–Kier alpha value is -8.58. The van der Waals surface area contributed by atoms with Gasteiger partial charge in [-0.1, -0.05) is 109 Å². The van der Waals surface area contributed by atoms with Gasteiger partial charge in [0.05, 0.1) is 11.4 Å². The Balaban J connectivity index is 0.934. The van der Waals surface area contributed by atoms with E-state index in [0.717, 1.165) is 101 Å². The third-order valence-electron chi connectivity index (χ3n) is 12.1. The van der Waals surface area contributed by atoms with Crippen molar-refractivity contribution in [3.05, 3.63) is 166 Å². The second kappa shape index (κ2) is 19.9. The van der Waals surface area contributed by atoms with Crippen molar-refractivity contribution in [1.29, 1.82) is 0 Å². The predicted molar refractivity (Wildman–Crippen MR) is 289 cm³/mol. The molecule has 0 aliphatic heterocycles. The molecule has 81 heavy (non-hydrogen) atoms. The molecule has 0 saturated carbocycles. The van der Waals surface area contributed by atoms with E-state index < -0.39 is 107 Å². The van der Waals surface area contributed by atoms with Crippen LogP contribution >= 0.6 is 0 Å². The highest BCUT2D eigenvalue weighted by Crippen LogP contribution is 2.35. The lowest BCUT2D eigenvalue weighted by Crippen LogP contribution is -2.05. The summed E-state index contributed by atoms with van der Waals surface area (Å²) in [5, 5.41) is 18.0. The van der Waals surface area contributed by atoms with Crippen molar-refractivity contribution in [1.82, 2.24) is 30.0 Å². The van der Waals surface area contributed by atoms with Crippen LogP contribution in [0.4, 0.5) is 11.4 Å². The molecule has 10 rings (SSSR count). The fourth-order valence-corrected chi connectivity index (χ4v) is 12.8. The summed E-state index contributed by atoms with van der Waals surface area (Å²) in [5.41, 5.74) is 1.71. The van der Waals surface area contributed by atoms with Gasteiger partial charge in [-0.15, -0.1) is 20.4 Å². The van der Waals surface area contributed by atoms with Crippen molar-refractivity contribution in [3.8, 4) is 11.4 Å². The first-order valence-corrected chi connectivity index (χ1v) is 31.0. The van der Waals surface area contributed by atoms with E-state index in [1.54, 1.807) is 12.1 Å². The van der Waals surface area contributed by atoms with Crippen LogP contribution in [0.2, 0.25) is 0 Å². The highest BCUT2D eigenvalue weighted by molar-refractivity contribution is 7.87. The van der Waals surface area contributed by atoms with Gasteiger partial charge in [-0.2, -0.15) is 60.1 Å². The van der Waals surface area contributed by atoms with Gasteiger partial charge in [0.1, 0.15) is 51.4 Å². The van der Waals surface area contributed by atoms with E-state index in [9.17, 15) is 82.7 Å². The summed E-state index contributed by atoms with van der Waals surface area (Å²) in [6.45, 7) is 0. The van der Waals surface area contributed by atoms with Crippen molar-refractivity contribution >= 4 is 140 Å². The highest BCUT2D eigenvalue weighted by Gasteiger charge is 2.25. The molecule has 8 aromatic carbocycles. The fourth-order valence-electron chi connectivity index (χ4n) is 8.59. The lowest BCUT2D eigenvalue weighted by molar-refractivity contribution is -0.401. The lowest BCUT2D eigenvalue weighted by Gasteiger charge is -2.14. The Morgan fingerprint density at radius 1 is 0.370 bits per heavy atom. The van der Waals surface area contributed by atoms with Gasteiger partial charge < -0.3 is 5.43 Å². The van der Waals surface area contributed by atoms with E-state index in [1.807, 2.05) is 0 Å². The second-order valence-electron chi connectivity index (χ2n) is 17.3. The Kier molecular flexibility index (Phi) is 13.7. The van der Waals surface area contributed by atoms with Gasteiger partial charge >= 0.3 is 0 Å². The zero-order valence-electron chi connectivity index (χ0n) is 40.0. The largest absolute Gasteiger partial charge is 0.354 e. The van der Waals surface area contributed by atoms with Crippen molar-refractivity contribution < 1.29 is 82.7 Å². The number of hydrogen-bond acceptors (Lipinski definition) is 17. The van der Waals surface area contributed by atoms with Gasteiger partial charge in [-0.05, 0) is 59.2 Å². The molecule has 10 aromatic rings. The Morgan fingerprint density at radius 2 is 0.741 bits per heavy atom. The maximum Gasteiger partial charge on any atom is 0.295 e. The van der Waals surface area contributed by atoms with Crippen molar-refractivity contribution in [2.75, 3.05) is 0 Å². The molecule has 33 heteroatoms. The molecular weight excluding hydrogens is 1180 g/mol. The quantitative estimate of drug-likeness (QED) is 0.0253. The molecule has 2 aromatic heterocycles. The van der Waals surface area contributed by atoms with Crippen LogP contribution in [0, 0.1) is 4.91 Å². The normalized spacial score (nSPS) is 13.1. The van der Waals surface area contributed by atoms with Crippen LogP contribution in [0.3, 0.4) is 0 Å². The van der Waals surface area contributed by atoms with Crippen molar-refractivity contribution in [2.45, 2.75) is 29.4 Å². The Bertz CT molecular complexity index is 5180. The van der Waals surface area contributed by atoms with Crippen LogP contribution in [0.25, 0.3) is 84.7 Å². The van der Waals surface area contributed by atoms with E-state index in [1.165, 1.54) is 54.6 Å². The molecule has 0 bridgehead atoms. The maximum absolute atomic E-state index is 13.5. The van der Waals surface area contributed by atoms with E-state index in [-0.39, 0.29) is 76.5 Å². The third kappa shape index (κ3) is 11.2. The number of rotatable bonds is 15. The monoisotopic (exact) mass is 1220 g/mol. The summed E-state index contributed by atoms with van der Waals surface area (Å²) in [6, 6.07) is 26.4. The van der Waals surface area contributed by atoms with Gasteiger partial charge in [-0.3, -0.25) is 27.3 Å². The minimum absolute atomic E-state index is 0.0144. The second-order valence-corrected chi connectivity index (χ2v) is 25.7. The molecule has 2 heterocycles. The number of hydrogen-bond donors (Lipinski definition) is 6. The van der Waals surface area contributed by atoms with Crippen LogP contribution in [0.1, 0.15) is 22.3 Å². The number of fused-ring (bicyclic) bond motifs is 6. The highest BCUT2D eigenvalue weighted by atomic mass is 32.2. The van der Waals surface area contributed by atoms with Gasteiger partial charge in [0.15, 0.2) is 0 Å². The summed E-state index contributed by atoms with van der Waals surface area (Å²) in [5.74, 6) is 0. The number of benzene rings is 8. The number of nitrogens with zero attached hydrogens (tertiary/aromatic N) is 8. The van der Waals surface area contributed by atoms with Crippen LogP contribution < -0.4 is 0 Å². The first kappa shape index (κ1) is 55.7. The smallest absolute Gasteiger partial charge is 0.295 e. The fraction of sp³-hybridized carbons (Fsp3) is 0. The van der Waals surface area contributed by atoms with Crippen molar-refractivity contribution in [2.24, 2.45) is 0 Å². The van der Waals surface area contributed by atoms with Gasteiger partial charge in [0.25, 0.3) is 66.4 Å². The molecule has 0 spiro atoms. The predicted octanol–water partition coefficient (Wildman–Crippen LogP) is 7.31. The standard InChI is InChI=1S/C48H32N8O19S6/c57-56(34-19-20-41(76(58,59)60)30(21-34)12-11-29-15-18-33(24-44(29)79(67,68)69)55-51-40-26-46(81(73,74)75)36-6-2-4-8-38(36)48(40)53-55)49-31-16-13-27(42(22-31)77(61,62)63)9-10-28-14-17-32(23-43(28)78(64,65)66)54-50-39-25-45(80(70,71)72)35-5-1-3-7-37(35)47(39)52-54/h1-26H,(H,58,59,60)(H,61,62,63)(H,64,65,66)(H,67,68,69)(H,70,71,72)(H,73,74,75)/b10-9?,12-11+,56-49?. The third-order valence-corrected chi connectivity index (χ3v) is 17.6. The first-order valence-electron chi connectivity index (χ1n) is 22.4. The molecular formula is C48H32N8O19S6. The Labute approximate surface area is 456 Å². The minimum atomic E-state index is -5.17. The molecule has 0 radical (unpaired) electrons. The lowest BCUT2D eigenvalue weighted by atomic mass is 10.1. The maximum atomic E-state index is 13.5. The summed E-state index contributed by atoms with van der Waals surface area (Å²) in [7, 11) is -29.9. The number of aromatic nitrogens is 6. The topological polar surface area (TPSA) is 422 Å². The van der Waals surface area contributed by atoms with Crippen LogP contribution in [0.5, 0.6) is 0 Å². The van der Waals surface area contributed by atoms with E-state index in [4.69, 9.17) is 0 Å². The summed E-state index contributed by atoms with van der Waals surface area (Å²) in [4.78, 5) is 11.1. The van der Waals surface area contributed by atoms with Gasteiger partial charge in [0, 0.05) is 49.0 Å². The van der Waals surface area contributed by atoms with E-state index in [0.29, 0.717) is 0 Å². The molecule has 0 unspecified atom stereocenters. The molecule has 0 aliphatic rings. The number of nitroso groups, excluding NO2 is 1. The van der Waals surface area contributed by atoms with Gasteiger partial charge in [-0.25, -0.2) is 0 Å². The molecule has 0 aliphatic carbocycles. The van der Waals surface area contributed by atoms with E-state index in [2.05, 4.69) is 25.8 Å². The summed E-state index contributed by atoms with van der Waals surface area (Å²) >= 11 is 0. The average Bonchev–Trinajstić information content (AvgIpc) is 3.55. The van der Waals surface area contributed by atoms with Crippen molar-refractivity contribution in [3.63, 3.8) is 0 Å². The van der Waals surface area contributed by atoms with E-state index >= 15 is 0 Å². The van der Waals surface area contributed by atoms with Gasteiger partial charge in [0.2, 0.25) is 0 Å². The zero-order chi connectivity index (χ0) is 58.4. The zero-order valence-corrected chi connectivity index (χ0v) is 44.9. The molecule has 27 nitrogen and oxygen atoms in total. The molecule has 6 N–H and O–H groups in total. The first-order chi connectivity index (χ1) is 37.8. The SMILES string of the molecule is O=[N+]([N-]c1ccc(C=Cc2ccc(-n3nc4cc(S(=O)(=O)O)c5ccccc5c4n3)cc2S(=O)(=O)O)c(S(=O)(=O)O)c1)c1ccc(S(=O)(=O)O)c(/C=C/c2ccc(-n3nc4cc(S(=O)(=O)O)c5ccccc5c4n3)cc2S(=O)(=O)O)c1. The van der Waals surface area contributed by atoms with Crippen LogP contribution in [0.15, 0.2) is 163 Å². The molecule has 0 saturated heterocycles. The molecule has 0 fully saturated rings. The van der Waals surface area contributed by atoms with Crippen LogP contribution in [-0.4, -0.2) is 113 Å². The molecule has 414 valence electrons.